The average Bonchev–Trinajstić information content (AvgIpc) is 3.09. The molecule has 4 nitrogen and oxygen atoms in total. The molecular formula is C15H14O4. The van der Waals surface area contributed by atoms with E-state index in [0.29, 0.717) is 5.76 Å². The topological polar surface area (TPSA) is 70.7 Å². The molecule has 1 aliphatic carbocycles. The quantitative estimate of drug-likeness (QED) is 0.884. The molecule has 0 radical (unpaired) electrons. The molecule has 0 amide bonds. The highest BCUT2D eigenvalue weighted by Crippen LogP contribution is 2.56. The van der Waals surface area contributed by atoms with E-state index in [1.165, 1.54) is 12.1 Å². The van der Waals surface area contributed by atoms with Gasteiger partial charge in [0, 0.05) is 5.41 Å². The van der Waals surface area contributed by atoms with Crippen molar-refractivity contribution in [2.75, 3.05) is 0 Å². The highest BCUT2D eigenvalue weighted by atomic mass is 16.4. The number of rotatable bonds is 4. The number of aliphatic hydroxyl groups excluding tert-OH is 1. The second kappa shape index (κ2) is 4.24. The summed E-state index contributed by atoms with van der Waals surface area (Å²) in [6.07, 6.45) is 0.950. The van der Waals surface area contributed by atoms with E-state index in [-0.39, 0.29) is 11.2 Å². The zero-order valence-electron chi connectivity index (χ0n) is 10.2. The number of benzene rings is 1. The van der Waals surface area contributed by atoms with Crippen molar-refractivity contribution in [1.29, 1.82) is 0 Å². The molecule has 1 aromatic heterocycles. The van der Waals surface area contributed by atoms with Gasteiger partial charge in [-0.3, -0.25) is 0 Å². The smallest absolute Gasteiger partial charge is 0.371 e. The third kappa shape index (κ3) is 1.94. The van der Waals surface area contributed by atoms with Crippen LogP contribution in [-0.2, 0) is 5.41 Å². The van der Waals surface area contributed by atoms with Gasteiger partial charge in [-0.15, -0.1) is 0 Å². The predicted molar refractivity (Wildman–Crippen MR) is 68.0 cm³/mol. The lowest BCUT2D eigenvalue weighted by Gasteiger charge is -2.20. The van der Waals surface area contributed by atoms with E-state index in [4.69, 9.17) is 9.52 Å². The van der Waals surface area contributed by atoms with Gasteiger partial charge in [0.25, 0.3) is 0 Å². The maximum Gasteiger partial charge on any atom is 0.371 e. The molecule has 98 valence electrons. The van der Waals surface area contributed by atoms with E-state index < -0.39 is 12.1 Å². The van der Waals surface area contributed by atoms with Crippen molar-refractivity contribution in [3.63, 3.8) is 0 Å². The van der Waals surface area contributed by atoms with Gasteiger partial charge in [-0.25, -0.2) is 4.79 Å². The Balaban J connectivity index is 1.91. The zero-order valence-corrected chi connectivity index (χ0v) is 10.2. The minimum atomic E-state index is -1.12. The molecule has 0 aliphatic heterocycles. The Bertz CT molecular complexity index is 596. The molecule has 1 aromatic carbocycles. The van der Waals surface area contributed by atoms with Crippen molar-refractivity contribution in [2.24, 2.45) is 0 Å². The summed E-state index contributed by atoms with van der Waals surface area (Å²) in [4.78, 5) is 10.8. The van der Waals surface area contributed by atoms with Gasteiger partial charge in [0.2, 0.25) is 5.76 Å². The van der Waals surface area contributed by atoms with Gasteiger partial charge in [-0.2, -0.15) is 0 Å². The number of carbonyl (C=O) groups is 1. The molecule has 3 rings (SSSR count). The van der Waals surface area contributed by atoms with Gasteiger partial charge in [0.1, 0.15) is 11.9 Å². The molecule has 1 aliphatic rings. The van der Waals surface area contributed by atoms with Crippen LogP contribution in [0.2, 0.25) is 0 Å². The van der Waals surface area contributed by atoms with E-state index in [1.807, 2.05) is 30.3 Å². The normalized spacial score (nSPS) is 17.9. The van der Waals surface area contributed by atoms with Crippen LogP contribution in [0.3, 0.4) is 0 Å². The lowest BCUT2D eigenvalue weighted by Crippen LogP contribution is -2.17. The summed E-state index contributed by atoms with van der Waals surface area (Å²) in [6, 6.07) is 12.7. The van der Waals surface area contributed by atoms with Gasteiger partial charge >= 0.3 is 5.97 Å². The number of hydrogen-bond donors (Lipinski definition) is 2. The first-order valence-electron chi connectivity index (χ1n) is 6.20. The number of furan rings is 1. The van der Waals surface area contributed by atoms with Crippen LogP contribution >= 0.6 is 0 Å². The summed E-state index contributed by atoms with van der Waals surface area (Å²) in [6.45, 7) is 0. The summed E-state index contributed by atoms with van der Waals surface area (Å²) in [7, 11) is 0. The maximum atomic E-state index is 10.8. The van der Waals surface area contributed by atoms with Crippen molar-refractivity contribution in [3.8, 4) is 0 Å². The SMILES string of the molecule is O=C(O)c1ccc(C(O)C2(c3ccccc3)CC2)o1. The minimum absolute atomic E-state index is 0.141. The largest absolute Gasteiger partial charge is 0.475 e. The van der Waals surface area contributed by atoms with Gasteiger partial charge in [0.15, 0.2) is 0 Å². The number of hydrogen-bond acceptors (Lipinski definition) is 3. The van der Waals surface area contributed by atoms with E-state index in [0.717, 1.165) is 18.4 Å². The Morgan fingerprint density at radius 1 is 1.16 bits per heavy atom. The highest BCUT2D eigenvalue weighted by molar-refractivity contribution is 5.84. The van der Waals surface area contributed by atoms with Gasteiger partial charge in [-0.1, -0.05) is 30.3 Å². The Hall–Kier alpha value is -2.07. The molecule has 1 fully saturated rings. The summed E-state index contributed by atoms with van der Waals surface area (Å²) < 4.78 is 5.21. The molecule has 1 heterocycles. The van der Waals surface area contributed by atoms with Crippen molar-refractivity contribution in [1.82, 2.24) is 0 Å². The average molecular weight is 258 g/mol. The fraction of sp³-hybridized carbons (Fsp3) is 0.267. The van der Waals surface area contributed by atoms with Crippen molar-refractivity contribution >= 4 is 5.97 Å². The third-order valence-electron chi connectivity index (χ3n) is 3.77. The van der Waals surface area contributed by atoms with Gasteiger partial charge < -0.3 is 14.6 Å². The van der Waals surface area contributed by atoms with Crippen LogP contribution in [0.4, 0.5) is 0 Å². The van der Waals surface area contributed by atoms with Gasteiger partial charge in [-0.05, 0) is 30.5 Å². The van der Waals surface area contributed by atoms with Crippen LogP contribution in [0.15, 0.2) is 46.9 Å². The predicted octanol–water partition coefficient (Wildman–Crippen LogP) is 2.74. The lowest BCUT2D eigenvalue weighted by molar-refractivity contribution is 0.0640. The molecule has 1 saturated carbocycles. The third-order valence-corrected chi connectivity index (χ3v) is 3.77. The first-order chi connectivity index (χ1) is 9.13. The van der Waals surface area contributed by atoms with Crippen LogP contribution in [0, 0.1) is 0 Å². The monoisotopic (exact) mass is 258 g/mol. The number of carboxylic acids is 1. The first kappa shape index (κ1) is 12.0. The Labute approximate surface area is 110 Å². The molecule has 4 heteroatoms. The Morgan fingerprint density at radius 3 is 2.37 bits per heavy atom. The Kier molecular flexibility index (Phi) is 2.68. The fourth-order valence-electron chi connectivity index (χ4n) is 2.51. The van der Waals surface area contributed by atoms with E-state index in [9.17, 15) is 9.90 Å². The summed E-state index contributed by atoms with van der Waals surface area (Å²) in [5, 5.41) is 19.3. The molecule has 0 spiro atoms. The maximum absolute atomic E-state index is 10.8. The van der Waals surface area contributed by atoms with Crippen LogP contribution in [0.25, 0.3) is 0 Å². The zero-order chi connectivity index (χ0) is 13.5. The van der Waals surface area contributed by atoms with Crippen LogP contribution < -0.4 is 0 Å². The fourth-order valence-corrected chi connectivity index (χ4v) is 2.51. The molecule has 1 unspecified atom stereocenters. The van der Waals surface area contributed by atoms with Crippen LogP contribution in [0.1, 0.15) is 40.8 Å². The second-order valence-electron chi connectivity index (χ2n) is 4.93. The lowest BCUT2D eigenvalue weighted by atomic mass is 9.89. The highest BCUT2D eigenvalue weighted by Gasteiger charge is 2.52. The first-order valence-corrected chi connectivity index (χ1v) is 6.20. The molecule has 2 N–H and O–H groups in total. The summed E-state index contributed by atoms with van der Waals surface area (Å²) in [5.74, 6) is -0.945. The standard InChI is InChI=1S/C15H14O4/c16-13(11-6-7-12(19-11)14(17)18)15(8-9-15)10-4-2-1-3-5-10/h1-7,13,16H,8-9H2,(H,17,18). The van der Waals surface area contributed by atoms with E-state index in [2.05, 4.69) is 0 Å². The molecular weight excluding hydrogens is 244 g/mol. The van der Waals surface area contributed by atoms with Gasteiger partial charge in [0.05, 0.1) is 0 Å². The molecule has 0 saturated heterocycles. The summed E-state index contributed by atoms with van der Waals surface area (Å²) >= 11 is 0. The van der Waals surface area contributed by atoms with E-state index in [1.54, 1.807) is 0 Å². The molecule has 0 bridgehead atoms. The number of aliphatic hydroxyl groups is 1. The van der Waals surface area contributed by atoms with E-state index >= 15 is 0 Å². The number of aromatic carboxylic acids is 1. The molecule has 1 atom stereocenters. The van der Waals surface area contributed by atoms with Crippen molar-refractivity contribution < 1.29 is 19.4 Å². The number of carboxylic acid groups (broad SMARTS) is 1. The minimum Gasteiger partial charge on any atom is -0.475 e. The second-order valence-corrected chi connectivity index (χ2v) is 4.93. The van der Waals surface area contributed by atoms with Crippen LogP contribution in [0.5, 0.6) is 0 Å². The van der Waals surface area contributed by atoms with Crippen LogP contribution in [-0.4, -0.2) is 16.2 Å². The summed E-state index contributed by atoms with van der Waals surface area (Å²) in [5.41, 5.74) is 0.741. The van der Waals surface area contributed by atoms with Crippen molar-refractivity contribution in [2.45, 2.75) is 24.4 Å². The van der Waals surface area contributed by atoms with Crippen molar-refractivity contribution in [3.05, 3.63) is 59.5 Å². The molecule has 2 aromatic rings. The molecule has 19 heavy (non-hydrogen) atoms. The Morgan fingerprint density at radius 2 is 1.84 bits per heavy atom.